The van der Waals surface area contributed by atoms with Gasteiger partial charge in [0, 0.05) is 24.3 Å². The molecule has 0 bridgehead atoms. The topological polar surface area (TPSA) is 79.5 Å². The van der Waals surface area contributed by atoms with E-state index in [2.05, 4.69) is 29.5 Å². The molecule has 4 N–H and O–H groups in total. The van der Waals surface area contributed by atoms with E-state index >= 15 is 0 Å². The predicted octanol–water partition coefficient (Wildman–Crippen LogP) is 2.85. The van der Waals surface area contributed by atoms with Crippen molar-refractivity contribution in [1.82, 2.24) is 5.32 Å². The Balaban J connectivity index is 1.71. The minimum absolute atomic E-state index is 0.0687. The molecule has 0 fully saturated rings. The number of carbonyl (C=O) groups excluding carboxylic acids is 1. The monoisotopic (exact) mass is 324 g/mol. The number of hydrogen-bond acceptors (Lipinski definition) is 2. The van der Waals surface area contributed by atoms with Crippen molar-refractivity contribution in [3.63, 3.8) is 0 Å². The van der Waals surface area contributed by atoms with E-state index in [-0.39, 0.29) is 5.91 Å². The molecule has 0 aliphatic heterocycles. The highest BCUT2D eigenvalue weighted by molar-refractivity contribution is 5.94. The van der Waals surface area contributed by atoms with Gasteiger partial charge in [0.25, 0.3) is 5.91 Å². The van der Waals surface area contributed by atoms with Crippen molar-refractivity contribution >= 4 is 17.6 Å². The zero-order chi connectivity index (χ0) is 17.4. The molecule has 2 aromatic rings. The summed E-state index contributed by atoms with van der Waals surface area (Å²) < 4.78 is 0. The minimum atomic E-state index is -0.0687. The quantitative estimate of drug-likeness (QED) is 0.434. The van der Waals surface area contributed by atoms with Gasteiger partial charge in [0.15, 0.2) is 5.96 Å². The van der Waals surface area contributed by atoms with Gasteiger partial charge in [0.05, 0.1) is 0 Å². The number of rotatable bonds is 6. The Labute approximate surface area is 143 Å². The van der Waals surface area contributed by atoms with Crippen LogP contribution in [0.15, 0.2) is 53.5 Å². The van der Waals surface area contributed by atoms with Gasteiger partial charge in [0.2, 0.25) is 0 Å². The van der Waals surface area contributed by atoms with E-state index < -0.39 is 0 Å². The van der Waals surface area contributed by atoms with Crippen molar-refractivity contribution in [3.05, 3.63) is 65.2 Å². The van der Waals surface area contributed by atoms with E-state index in [1.54, 1.807) is 12.1 Å². The second-order valence-corrected chi connectivity index (χ2v) is 5.67. The van der Waals surface area contributed by atoms with E-state index in [9.17, 15) is 4.79 Å². The molecule has 0 radical (unpaired) electrons. The molecule has 2 rings (SSSR count). The number of benzene rings is 2. The summed E-state index contributed by atoms with van der Waals surface area (Å²) in [7, 11) is 0. The molecule has 5 heteroatoms. The summed E-state index contributed by atoms with van der Waals surface area (Å²) in [5.74, 6) is 0.313. The lowest BCUT2D eigenvalue weighted by atomic mass is 10.1. The lowest BCUT2D eigenvalue weighted by Gasteiger charge is -2.08. The molecule has 0 spiro atoms. The number of guanidine groups is 1. The fourth-order valence-corrected chi connectivity index (χ4v) is 2.18. The summed E-state index contributed by atoms with van der Waals surface area (Å²) in [6.45, 7) is 5.25. The van der Waals surface area contributed by atoms with Crippen LogP contribution < -0.4 is 16.4 Å². The second kappa shape index (κ2) is 8.72. The number of aliphatic imine (C=N–C) groups is 1. The van der Waals surface area contributed by atoms with Gasteiger partial charge in [-0.25, -0.2) is 0 Å². The Morgan fingerprint density at radius 3 is 2.54 bits per heavy atom. The largest absolute Gasteiger partial charge is 0.370 e. The van der Waals surface area contributed by atoms with Gasteiger partial charge in [-0.3, -0.25) is 9.79 Å². The van der Waals surface area contributed by atoms with Crippen molar-refractivity contribution in [2.75, 3.05) is 18.4 Å². The number of carbonyl (C=O) groups is 1. The maximum atomic E-state index is 11.9. The Kier molecular flexibility index (Phi) is 6.37. The normalized spacial score (nSPS) is 11.2. The highest BCUT2D eigenvalue weighted by Crippen LogP contribution is 2.13. The average Bonchev–Trinajstić information content (AvgIpc) is 2.58. The standard InChI is InChI=1S/C19H24N4O/c1-14-9-10-17(13-15(14)2)23-19(20)22-12-6-11-21-18(24)16-7-4-3-5-8-16/h3-5,7-10,13H,6,11-12H2,1-2H3,(H,21,24)(H3,20,22,23). The maximum absolute atomic E-state index is 11.9. The lowest BCUT2D eigenvalue weighted by molar-refractivity contribution is 0.0953. The van der Waals surface area contributed by atoms with Crippen LogP contribution in [0, 0.1) is 13.8 Å². The summed E-state index contributed by atoms with van der Waals surface area (Å²) in [6, 6.07) is 15.2. The molecule has 0 unspecified atom stereocenters. The molecule has 0 atom stereocenters. The third-order valence-electron chi connectivity index (χ3n) is 3.72. The van der Waals surface area contributed by atoms with E-state index in [0.29, 0.717) is 24.6 Å². The van der Waals surface area contributed by atoms with Crippen LogP contribution in [0.2, 0.25) is 0 Å². The molecular weight excluding hydrogens is 300 g/mol. The molecule has 24 heavy (non-hydrogen) atoms. The molecule has 5 nitrogen and oxygen atoms in total. The van der Waals surface area contributed by atoms with Gasteiger partial charge in [-0.2, -0.15) is 0 Å². The zero-order valence-corrected chi connectivity index (χ0v) is 14.2. The van der Waals surface area contributed by atoms with Crippen LogP contribution in [0.25, 0.3) is 0 Å². The third kappa shape index (κ3) is 5.43. The fourth-order valence-electron chi connectivity index (χ4n) is 2.18. The number of amides is 1. The first-order valence-corrected chi connectivity index (χ1v) is 8.03. The van der Waals surface area contributed by atoms with Crippen molar-refractivity contribution in [2.45, 2.75) is 20.3 Å². The van der Waals surface area contributed by atoms with Crippen LogP contribution in [-0.2, 0) is 0 Å². The molecule has 0 saturated carbocycles. The maximum Gasteiger partial charge on any atom is 0.251 e. The average molecular weight is 324 g/mol. The first-order valence-electron chi connectivity index (χ1n) is 8.03. The summed E-state index contributed by atoms with van der Waals surface area (Å²) in [5, 5.41) is 5.94. The van der Waals surface area contributed by atoms with Gasteiger partial charge < -0.3 is 16.4 Å². The first-order chi connectivity index (χ1) is 11.6. The SMILES string of the molecule is Cc1ccc(NC(N)=NCCCNC(=O)c2ccccc2)cc1C. The van der Waals surface area contributed by atoms with Gasteiger partial charge in [-0.05, 0) is 55.7 Å². The summed E-state index contributed by atoms with van der Waals surface area (Å²) >= 11 is 0. The highest BCUT2D eigenvalue weighted by Gasteiger charge is 2.02. The Hall–Kier alpha value is -2.82. The van der Waals surface area contributed by atoms with Crippen molar-refractivity contribution in [2.24, 2.45) is 10.7 Å². The summed E-state index contributed by atoms with van der Waals surface area (Å²) in [6.07, 6.45) is 0.730. The number of nitrogens with one attached hydrogen (secondary N) is 2. The van der Waals surface area contributed by atoms with Gasteiger partial charge in [-0.1, -0.05) is 24.3 Å². The minimum Gasteiger partial charge on any atom is -0.370 e. The third-order valence-corrected chi connectivity index (χ3v) is 3.72. The first kappa shape index (κ1) is 17.5. The van der Waals surface area contributed by atoms with Crippen LogP contribution in [0.4, 0.5) is 5.69 Å². The van der Waals surface area contributed by atoms with Gasteiger partial charge >= 0.3 is 0 Å². The molecule has 0 saturated heterocycles. The molecule has 0 aromatic heterocycles. The number of hydrogen-bond donors (Lipinski definition) is 3. The summed E-state index contributed by atoms with van der Waals surface area (Å²) in [5.41, 5.74) is 9.92. The molecule has 0 aliphatic carbocycles. The van der Waals surface area contributed by atoms with Crippen molar-refractivity contribution in [1.29, 1.82) is 0 Å². The van der Waals surface area contributed by atoms with Crippen LogP contribution >= 0.6 is 0 Å². The highest BCUT2D eigenvalue weighted by atomic mass is 16.1. The fraction of sp³-hybridized carbons (Fsp3) is 0.263. The van der Waals surface area contributed by atoms with E-state index in [1.807, 2.05) is 36.4 Å². The van der Waals surface area contributed by atoms with Crippen LogP contribution in [-0.4, -0.2) is 25.0 Å². The van der Waals surface area contributed by atoms with E-state index in [1.165, 1.54) is 11.1 Å². The molecule has 0 heterocycles. The van der Waals surface area contributed by atoms with Crippen LogP contribution in [0.3, 0.4) is 0 Å². The zero-order valence-electron chi connectivity index (χ0n) is 14.2. The molecule has 2 aromatic carbocycles. The second-order valence-electron chi connectivity index (χ2n) is 5.67. The van der Waals surface area contributed by atoms with Crippen LogP contribution in [0.5, 0.6) is 0 Å². The van der Waals surface area contributed by atoms with Gasteiger partial charge in [0.1, 0.15) is 0 Å². The van der Waals surface area contributed by atoms with E-state index in [4.69, 9.17) is 5.73 Å². The van der Waals surface area contributed by atoms with Gasteiger partial charge in [-0.15, -0.1) is 0 Å². The Bertz CT molecular complexity index is 711. The van der Waals surface area contributed by atoms with E-state index in [0.717, 1.165) is 12.1 Å². The van der Waals surface area contributed by atoms with Crippen LogP contribution in [0.1, 0.15) is 27.9 Å². The Morgan fingerprint density at radius 2 is 1.83 bits per heavy atom. The number of aryl methyl sites for hydroxylation is 2. The molecular formula is C19H24N4O. The number of anilines is 1. The molecule has 1 amide bonds. The number of nitrogens with two attached hydrogens (primary N) is 1. The summed E-state index contributed by atoms with van der Waals surface area (Å²) in [4.78, 5) is 16.1. The number of nitrogens with zero attached hydrogens (tertiary/aromatic N) is 1. The smallest absolute Gasteiger partial charge is 0.251 e. The van der Waals surface area contributed by atoms with Crippen molar-refractivity contribution < 1.29 is 4.79 Å². The lowest BCUT2D eigenvalue weighted by Crippen LogP contribution is -2.26. The Morgan fingerprint density at radius 1 is 1.08 bits per heavy atom. The predicted molar refractivity (Wildman–Crippen MR) is 99.4 cm³/mol. The molecule has 126 valence electrons. The molecule has 0 aliphatic rings. The van der Waals surface area contributed by atoms with Crippen molar-refractivity contribution in [3.8, 4) is 0 Å².